The smallest absolute Gasteiger partial charge is 0.407 e. The number of rotatable bonds is 11. The van der Waals surface area contributed by atoms with Gasteiger partial charge in [0.25, 0.3) is 0 Å². The maximum absolute atomic E-state index is 12.1. The fraction of sp³-hybridized carbons (Fsp3) is 0.579. The fourth-order valence-corrected chi connectivity index (χ4v) is 2.30. The Kier molecular flexibility index (Phi) is 10.2. The van der Waals surface area contributed by atoms with Crippen LogP contribution in [0.2, 0.25) is 0 Å². The van der Waals surface area contributed by atoms with Crippen LogP contribution < -0.4 is 10.6 Å². The summed E-state index contributed by atoms with van der Waals surface area (Å²) in [7, 11) is 0. The van der Waals surface area contributed by atoms with Crippen LogP contribution in [0.1, 0.15) is 32.4 Å². The van der Waals surface area contributed by atoms with E-state index in [0.29, 0.717) is 26.4 Å². The third kappa shape index (κ3) is 10.4. The predicted molar refractivity (Wildman–Crippen MR) is 101 cm³/mol. The Morgan fingerprint density at radius 2 is 1.52 bits per heavy atom. The van der Waals surface area contributed by atoms with Gasteiger partial charge < -0.3 is 30.0 Å². The highest BCUT2D eigenvalue weighted by molar-refractivity contribution is 5.67. The van der Waals surface area contributed by atoms with Crippen molar-refractivity contribution in [1.82, 2.24) is 10.6 Å². The molecule has 0 aliphatic rings. The molecule has 0 radical (unpaired) electrons. The largest absolute Gasteiger partial charge is 0.465 e. The molecular weight excluding hydrogens is 352 g/mol. The molecule has 3 N–H and O–H groups in total. The van der Waals surface area contributed by atoms with Gasteiger partial charge in [-0.25, -0.2) is 9.59 Å². The molecule has 8 heteroatoms. The zero-order chi connectivity index (χ0) is 20.1. The molecule has 0 aliphatic heterocycles. The van der Waals surface area contributed by atoms with Gasteiger partial charge in [-0.1, -0.05) is 51.1 Å². The summed E-state index contributed by atoms with van der Waals surface area (Å²) in [6.07, 6.45) is -1.92. The van der Waals surface area contributed by atoms with Crippen molar-refractivity contribution in [2.75, 3.05) is 39.5 Å². The van der Waals surface area contributed by atoms with Crippen LogP contribution >= 0.6 is 0 Å². The van der Waals surface area contributed by atoms with Crippen molar-refractivity contribution in [1.29, 1.82) is 0 Å². The number of carbonyl (C=O) groups excluding carboxylic acids is 1. The topological polar surface area (TPSA) is 106 Å². The van der Waals surface area contributed by atoms with Gasteiger partial charge in [-0.2, -0.15) is 0 Å². The lowest BCUT2D eigenvalue weighted by atomic mass is 9.84. The fourth-order valence-electron chi connectivity index (χ4n) is 2.30. The average molecular weight is 382 g/mol. The van der Waals surface area contributed by atoms with Gasteiger partial charge in [-0.3, -0.25) is 0 Å². The lowest BCUT2D eigenvalue weighted by Gasteiger charge is -2.30. The molecule has 0 saturated carbocycles. The van der Waals surface area contributed by atoms with Gasteiger partial charge in [0.05, 0.1) is 26.4 Å². The molecule has 0 saturated heterocycles. The lowest BCUT2D eigenvalue weighted by Crippen LogP contribution is -2.33. The van der Waals surface area contributed by atoms with Crippen LogP contribution in [-0.4, -0.2) is 56.8 Å². The van der Waals surface area contributed by atoms with Crippen molar-refractivity contribution in [2.45, 2.75) is 26.9 Å². The molecule has 0 fully saturated rings. The van der Waals surface area contributed by atoms with E-state index in [1.807, 2.05) is 51.1 Å². The van der Waals surface area contributed by atoms with Gasteiger partial charge in [0.2, 0.25) is 0 Å². The van der Waals surface area contributed by atoms with Gasteiger partial charge in [0, 0.05) is 18.5 Å². The minimum atomic E-state index is -1.08. The number of alkyl carbamates (subject to hydrolysis) is 1. The van der Waals surface area contributed by atoms with Crippen molar-refractivity contribution < 1.29 is 28.9 Å². The Balaban J connectivity index is 2.18. The Morgan fingerprint density at radius 1 is 0.963 bits per heavy atom. The van der Waals surface area contributed by atoms with E-state index in [-0.39, 0.29) is 24.7 Å². The molecule has 0 aliphatic carbocycles. The summed E-state index contributed by atoms with van der Waals surface area (Å²) in [4.78, 5) is 22.3. The summed E-state index contributed by atoms with van der Waals surface area (Å²) in [5.74, 6) is 0. The average Bonchev–Trinajstić information content (AvgIpc) is 2.60. The van der Waals surface area contributed by atoms with Crippen molar-refractivity contribution in [3.8, 4) is 0 Å². The van der Waals surface area contributed by atoms with Crippen molar-refractivity contribution in [3.05, 3.63) is 35.9 Å². The predicted octanol–water partition coefficient (Wildman–Crippen LogP) is 2.80. The number of nitrogens with one attached hydrogen (secondary N) is 2. The Hall–Kier alpha value is -2.32. The summed E-state index contributed by atoms with van der Waals surface area (Å²) in [6.45, 7) is 7.95. The molecule has 27 heavy (non-hydrogen) atoms. The minimum Gasteiger partial charge on any atom is -0.465 e. The monoisotopic (exact) mass is 382 g/mol. The normalized spacial score (nSPS) is 12.3. The third-order valence-corrected chi connectivity index (χ3v) is 3.52. The molecular formula is C19H30N2O6. The summed E-state index contributed by atoms with van der Waals surface area (Å²) < 4.78 is 16.1. The maximum atomic E-state index is 12.1. The molecule has 152 valence electrons. The zero-order valence-electron chi connectivity index (χ0n) is 16.2. The van der Waals surface area contributed by atoms with E-state index in [1.165, 1.54) is 0 Å². The molecule has 0 bridgehead atoms. The van der Waals surface area contributed by atoms with E-state index < -0.39 is 12.2 Å². The second-order valence-corrected chi connectivity index (χ2v) is 6.95. The van der Waals surface area contributed by atoms with Crippen LogP contribution in [0.3, 0.4) is 0 Å². The van der Waals surface area contributed by atoms with Crippen LogP contribution in [0.4, 0.5) is 9.59 Å². The molecule has 0 heterocycles. The minimum absolute atomic E-state index is 0.234. The summed E-state index contributed by atoms with van der Waals surface area (Å²) in [6, 6.07) is 9.65. The highest BCUT2D eigenvalue weighted by Gasteiger charge is 2.29. The number of carboxylic acid groups (broad SMARTS) is 1. The maximum Gasteiger partial charge on any atom is 0.407 e. The molecule has 0 aromatic heterocycles. The Bertz CT molecular complexity index is 559. The molecule has 2 amide bonds. The van der Waals surface area contributed by atoms with Gasteiger partial charge in [0.1, 0.15) is 6.10 Å². The van der Waals surface area contributed by atoms with E-state index in [9.17, 15) is 9.59 Å². The number of carbonyl (C=O) groups is 2. The number of hydrogen-bond donors (Lipinski definition) is 3. The first-order valence-corrected chi connectivity index (χ1v) is 8.92. The molecule has 1 aromatic rings. The molecule has 0 spiro atoms. The van der Waals surface area contributed by atoms with E-state index in [2.05, 4.69) is 10.6 Å². The molecule has 1 aromatic carbocycles. The zero-order valence-corrected chi connectivity index (χ0v) is 16.2. The van der Waals surface area contributed by atoms with Crippen molar-refractivity contribution in [3.63, 3.8) is 0 Å². The highest BCUT2D eigenvalue weighted by Crippen LogP contribution is 2.35. The van der Waals surface area contributed by atoms with E-state index in [4.69, 9.17) is 19.3 Å². The van der Waals surface area contributed by atoms with Gasteiger partial charge in [0.15, 0.2) is 0 Å². The van der Waals surface area contributed by atoms with Crippen molar-refractivity contribution >= 4 is 12.2 Å². The SMILES string of the molecule is CC(C)(C)C(OC(=O)NCCOCCOCCNC(=O)O)c1ccccc1. The number of benzene rings is 1. The number of hydrogen-bond acceptors (Lipinski definition) is 5. The Labute approximate surface area is 160 Å². The lowest BCUT2D eigenvalue weighted by molar-refractivity contribution is 0.0261. The summed E-state index contributed by atoms with van der Waals surface area (Å²) >= 11 is 0. The van der Waals surface area contributed by atoms with Crippen molar-refractivity contribution in [2.24, 2.45) is 5.41 Å². The first-order valence-electron chi connectivity index (χ1n) is 8.92. The van der Waals surface area contributed by atoms with Crippen LogP contribution in [0, 0.1) is 5.41 Å². The standard InChI is InChI=1S/C19H30N2O6/c1-19(2,3)16(15-7-5-4-6-8-15)27-18(24)21-10-12-26-14-13-25-11-9-20-17(22)23/h4-8,16,20H,9-14H2,1-3H3,(H,21,24)(H,22,23). The highest BCUT2D eigenvalue weighted by atomic mass is 16.6. The van der Waals surface area contributed by atoms with E-state index in [1.54, 1.807) is 0 Å². The van der Waals surface area contributed by atoms with Crippen LogP contribution in [0.5, 0.6) is 0 Å². The van der Waals surface area contributed by atoms with Gasteiger partial charge in [-0.15, -0.1) is 0 Å². The first kappa shape index (κ1) is 22.7. The quantitative estimate of drug-likeness (QED) is 0.508. The second-order valence-electron chi connectivity index (χ2n) is 6.95. The van der Waals surface area contributed by atoms with Crippen LogP contribution in [0.25, 0.3) is 0 Å². The molecule has 1 atom stereocenters. The van der Waals surface area contributed by atoms with Gasteiger partial charge in [-0.05, 0) is 5.56 Å². The van der Waals surface area contributed by atoms with E-state index >= 15 is 0 Å². The number of ether oxygens (including phenoxy) is 3. The third-order valence-electron chi connectivity index (χ3n) is 3.52. The Morgan fingerprint density at radius 3 is 2.04 bits per heavy atom. The number of amides is 2. The first-order chi connectivity index (χ1) is 12.8. The summed E-state index contributed by atoms with van der Waals surface area (Å²) in [5.41, 5.74) is 0.716. The van der Waals surface area contributed by atoms with Crippen LogP contribution in [-0.2, 0) is 14.2 Å². The molecule has 1 unspecified atom stereocenters. The molecule has 1 rings (SSSR count). The summed E-state index contributed by atoms with van der Waals surface area (Å²) in [5, 5.41) is 13.3. The van der Waals surface area contributed by atoms with E-state index in [0.717, 1.165) is 5.56 Å². The van der Waals surface area contributed by atoms with Gasteiger partial charge >= 0.3 is 12.2 Å². The second kappa shape index (κ2) is 12.1. The molecule has 8 nitrogen and oxygen atoms in total. The van der Waals surface area contributed by atoms with Crippen LogP contribution in [0.15, 0.2) is 30.3 Å².